The molecule has 0 radical (unpaired) electrons. The van der Waals surface area contributed by atoms with E-state index in [0.29, 0.717) is 17.8 Å². The summed E-state index contributed by atoms with van der Waals surface area (Å²) >= 11 is 0. The van der Waals surface area contributed by atoms with E-state index < -0.39 is 0 Å². The molecule has 0 aliphatic rings. The number of likely N-dealkylation sites (N-methyl/N-ethyl adjacent to an activating group) is 1. The minimum Gasteiger partial charge on any atom is -0.337 e. The molecule has 0 aliphatic carbocycles. The van der Waals surface area contributed by atoms with Crippen LogP contribution in [0.5, 0.6) is 0 Å². The molecular weight excluding hydrogens is 254 g/mol. The van der Waals surface area contributed by atoms with Crippen LogP contribution in [0.25, 0.3) is 0 Å². The summed E-state index contributed by atoms with van der Waals surface area (Å²) in [4.78, 5) is 25.2. The average molecular weight is 277 g/mol. The van der Waals surface area contributed by atoms with Crippen LogP contribution in [0.4, 0.5) is 10.5 Å². The van der Waals surface area contributed by atoms with Gasteiger partial charge in [0, 0.05) is 24.3 Å². The lowest BCUT2D eigenvalue weighted by molar-refractivity contribution is 0.101. The van der Waals surface area contributed by atoms with Crippen LogP contribution in [-0.2, 0) is 0 Å². The number of benzene rings is 1. The smallest absolute Gasteiger partial charge is 0.319 e. The molecule has 0 spiro atoms. The molecule has 20 heavy (non-hydrogen) atoms. The molecule has 0 unspecified atom stereocenters. The normalized spacial score (nSPS) is 10.4. The lowest BCUT2D eigenvalue weighted by Crippen LogP contribution is -2.36. The summed E-state index contributed by atoms with van der Waals surface area (Å²) < 4.78 is 0. The zero-order valence-corrected chi connectivity index (χ0v) is 12.4. The van der Waals surface area contributed by atoms with Gasteiger partial charge in [0.1, 0.15) is 0 Å². The van der Waals surface area contributed by atoms with Crippen LogP contribution in [-0.4, -0.2) is 42.9 Å². The predicted molar refractivity (Wildman–Crippen MR) is 81.3 cm³/mol. The summed E-state index contributed by atoms with van der Waals surface area (Å²) in [6.45, 7) is 9.06. The molecule has 110 valence electrons. The third-order valence-corrected chi connectivity index (χ3v) is 3.13. The molecule has 5 heteroatoms. The summed E-state index contributed by atoms with van der Waals surface area (Å²) in [6.07, 6.45) is 0. The molecule has 1 aromatic carbocycles. The highest BCUT2D eigenvalue weighted by atomic mass is 16.2. The fourth-order valence-electron chi connectivity index (χ4n) is 1.86. The minimum absolute atomic E-state index is 0.0180. The summed E-state index contributed by atoms with van der Waals surface area (Å²) in [5.74, 6) is -0.0180. The number of rotatable bonds is 7. The zero-order valence-electron chi connectivity index (χ0n) is 12.4. The molecular formula is C15H23N3O2. The van der Waals surface area contributed by atoms with Crippen molar-refractivity contribution in [1.29, 1.82) is 0 Å². The second-order valence-electron chi connectivity index (χ2n) is 4.54. The van der Waals surface area contributed by atoms with Crippen LogP contribution < -0.4 is 10.6 Å². The first-order valence-electron chi connectivity index (χ1n) is 6.95. The van der Waals surface area contributed by atoms with E-state index in [4.69, 9.17) is 0 Å². The third kappa shape index (κ3) is 5.40. The van der Waals surface area contributed by atoms with E-state index in [1.165, 1.54) is 6.92 Å². The van der Waals surface area contributed by atoms with E-state index in [9.17, 15) is 9.59 Å². The average Bonchev–Trinajstić information content (AvgIpc) is 2.44. The predicted octanol–water partition coefficient (Wildman–Crippen LogP) is 2.35. The van der Waals surface area contributed by atoms with Crippen LogP contribution in [0.1, 0.15) is 31.1 Å². The Morgan fingerprint density at radius 3 is 2.50 bits per heavy atom. The number of hydrogen-bond donors (Lipinski definition) is 2. The van der Waals surface area contributed by atoms with Crippen LogP contribution in [0.2, 0.25) is 0 Å². The second-order valence-corrected chi connectivity index (χ2v) is 4.54. The number of carbonyl (C=O) groups is 2. The number of urea groups is 1. The molecule has 2 amide bonds. The van der Waals surface area contributed by atoms with Crippen molar-refractivity contribution in [2.24, 2.45) is 0 Å². The van der Waals surface area contributed by atoms with Crippen LogP contribution in [0, 0.1) is 0 Å². The van der Waals surface area contributed by atoms with Gasteiger partial charge in [0.05, 0.1) is 0 Å². The van der Waals surface area contributed by atoms with E-state index in [1.807, 2.05) is 0 Å². The fourth-order valence-corrected chi connectivity index (χ4v) is 1.86. The Balaban J connectivity index is 2.42. The van der Waals surface area contributed by atoms with Crippen molar-refractivity contribution in [3.8, 4) is 0 Å². The Bertz CT molecular complexity index is 456. The van der Waals surface area contributed by atoms with Gasteiger partial charge in [-0.05, 0) is 32.1 Å². The molecule has 2 N–H and O–H groups in total. The van der Waals surface area contributed by atoms with Crippen molar-refractivity contribution in [3.05, 3.63) is 29.8 Å². The lowest BCUT2D eigenvalue weighted by atomic mass is 10.1. The molecule has 0 aliphatic heterocycles. The van der Waals surface area contributed by atoms with Gasteiger partial charge < -0.3 is 15.5 Å². The molecule has 0 atom stereocenters. The zero-order chi connectivity index (χ0) is 15.0. The van der Waals surface area contributed by atoms with Crippen molar-refractivity contribution < 1.29 is 9.59 Å². The maximum absolute atomic E-state index is 11.7. The van der Waals surface area contributed by atoms with Crippen LogP contribution >= 0.6 is 0 Å². The standard InChI is InChI=1S/C15H23N3O2/c1-4-18(5-2)10-9-16-15(20)17-14-8-6-7-13(11-14)12(3)19/h6-8,11H,4-5,9-10H2,1-3H3,(H2,16,17,20). The lowest BCUT2D eigenvalue weighted by Gasteiger charge is -2.18. The first-order valence-corrected chi connectivity index (χ1v) is 6.95. The van der Waals surface area contributed by atoms with Crippen molar-refractivity contribution in [2.45, 2.75) is 20.8 Å². The Labute approximate surface area is 120 Å². The molecule has 1 rings (SSSR count). The molecule has 0 fully saturated rings. The van der Waals surface area contributed by atoms with Gasteiger partial charge in [-0.2, -0.15) is 0 Å². The van der Waals surface area contributed by atoms with Crippen molar-refractivity contribution in [1.82, 2.24) is 10.2 Å². The number of anilines is 1. The molecule has 0 saturated carbocycles. The quantitative estimate of drug-likeness (QED) is 0.752. The summed E-state index contributed by atoms with van der Waals surface area (Å²) in [5.41, 5.74) is 1.21. The Morgan fingerprint density at radius 2 is 1.90 bits per heavy atom. The highest BCUT2D eigenvalue weighted by Gasteiger charge is 2.05. The van der Waals surface area contributed by atoms with Gasteiger partial charge in [-0.15, -0.1) is 0 Å². The summed E-state index contributed by atoms with van der Waals surface area (Å²) in [5, 5.41) is 5.53. The number of Topliss-reactive ketones (excluding diaryl/α,β-unsaturated/α-hetero) is 1. The summed E-state index contributed by atoms with van der Waals surface area (Å²) in [7, 11) is 0. The molecule has 0 saturated heterocycles. The molecule has 1 aromatic rings. The molecule has 0 aromatic heterocycles. The van der Waals surface area contributed by atoms with Gasteiger partial charge in [-0.1, -0.05) is 26.0 Å². The second kappa shape index (κ2) is 8.32. The first-order chi connectivity index (χ1) is 9.56. The number of hydrogen-bond acceptors (Lipinski definition) is 3. The molecule has 0 bridgehead atoms. The van der Waals surface area contributed by atoms with E-state index in [0.717, 1.165) is 19.6 Å². The van der Waals surface area contributed by atoms with Crippen molar-refractivity contribution in [3.63, 3.8) is 0 Å². The van der Waals surface area contributed by atoms with Crippen molar-refractivity contribution in [2.75, 3.05) is 31.5 Å². The third-order valence-electron chi connectivity index (χ3n) is 3.13. The maximum atomic E-state index is 11.7. The number of ketones is 1. The Hall–Kier alpha value is -1.88. The molecule has 5 nitrogen and oxygen atoms in total. The van der Waals surface area contributed by atoms with Gasteiger partial charge in [0.2, 0.25) is 0 Å². The van der Waals surface area contributed by atoms with Gasteiger partial charge in [-0.25, -0.2) is 4.79 Å². The monoisotopic (exact) mass is 277 g/mol. The van der Waals surface area contributed by atoms with Crippen LogP contribution in [0.3, 0.4) is 0 Å². The SMILES string of the molecule is CCN(CC)CCNC(=O)Nc1cccc(C(C)=O)c1. The first kappa shape index (κ1) is 16.2. The topological polar surface area (TPSA) is 61.4 Å². The molecule has 0 heterocycles. The fraction of sp³-hybridized carbons (Fsp3) is 0.467. The largest absolute Gasteiger partial charge is 0.337 e. The van der Waals surface area contributed by atoms with E-state index in [-0.39, 0.29) is 11.8 Å². The highest BCUT2D eigenvalue weighted by molar-refractivity contribution is 5.96. The van der Waals surface area contributed by atoms with Crippen LogP contribution in [0.15, 0.2) is 24.3 Å². The summed E-state index contributed by atoms with van der Waals surface area (Å²) in [6, 6.07) is 6.66. The van der Waals surface area contributed by atoms with Gasteiger partial charge >= 0.3 is 6.03 Å². The van der Waals surface area contributed by atoms with E-state index >= 15 is 0 Å². The van der Waals surface area contributed by atoms with Crippen molar-refractivity contribution >= 4 is 17.5 Å². The van der Waals surface area contributed by atoms with E-state index in [1.54, 1.807) is 24.3 Å². The Morgan fingerprint density at radius 1 is 1.20 bits per heavy atom. The maximum Gasteiger partial charge on any atom is 0.319 e. The number of nitrogens with zero attached hydrogens (tertiary/aromatic N) is 1. The number of amides is 2. The minimum atomic E-state index is -0.252. The Kier molecular flexibility index (Phi) is 6.73. The highest BCUT2D eigenvalue weighted by Crippen LogP contribution is 2.10. The van der Waals surface area contributed by atoms with E-state index in [2.05, 4.69) is 29.4 Å². The van der Waals surface area contributed by atoms with Gasteiger partial charge in [-0.3, -0.25) is 4.79 Å². The number of carbonyl (C=O) groups excluding carboxylic acids is 2. The van der Waals surface area contributed by atoms with Gasteiger partial charge in [0.25, 0.3) is 0 Å². The van der Waals surface area contributed by atoms with Gasteiger partial charge in [0.15, 0.2) is 5.78 Å². The number of nitrogens with one attached hydrogen (secondary N) is 2.